The molecule has 0 bridgehead atoms. The van der Waals surface area contributed by atoms with Crippen LogP contribution >= 0.6 is 0 Å². The zero-order valence-corrected chi connectivity index (χ0v) is 19.8. The van der Waals surface area contributed by atoms with Crippen LogP contribution in [0.3, 0.4) is 0 Å². The Labute approximate surface area is 195 Å². The molecule has 1 amide bonds. The van der Waals surface area contributed by atoms with Gasteiger partial charge in [0.05, 0.1) is 5.69 Å². The van der Waals surface area contributed by atoms with Gasteiger partial charge in [0.25, 0.3) is 11.5 Å². The Morgan fingerprint density at radius 3 is 2.67 bits per heavy atom. The van der Waals surface area contributed by atoms with Gasteiger partial charge in [-0.3, -0.25) is 19.5 Å². The van der Waals surface area contributed by atoms with E-state index in [9.17, 15) is 9.59 Å². The highest BCUT2D eigenvalue weighted by molar-refractivity contribution is 5.94. The van der Waals surface area contributed by atoms with Gasteiger partial charge in [-0.25, -0.2) is 4.98 Å². The molecule has 2 aromatic heterocycles. The first kappa shape index (κ1) is 23.2. The monoisotopic (exact) mass is 450 g/mol. The van der Waals surface area contributed by atoms with Gasteiger partial charge in [-0.1, -0.05) is 13.0 Å². The number of amides is 1. The van der Waals surface area contributed by atoms with E-state index in [2.05, 4.69) is 36.1 Å². The standard InChI is InChI=1S/C25H34N6O2/c1-4-17-5-6-20(29-24(17)32)18-9-12-31(16-18)19-10-13-30(14-11-19)23-8-7-21(25(33)27-3)28-22(23)15-26-2/h5-8,15,18-19H,4,9-14,16H2,1-3H3,(H,27,33)(H,29,32). The number of carbonyl (C=O) groups is 1. The van der Waals surface area contributed by atoms with Crippen LogP contribution in [0.1, 0.15) is 59.5 Å². The van der Waals surface area contributed by atoms with Crippen molar-refractivity contribution in [1.29, 1.82) is 0 Å². The summed E-state index contributed by atoms with van der Waals surface area (Å²) >= 11 is 0. The number of likely N-dealkylation sites (tertiary alicyclic amines) is 1. The molecular weight excluding hydrogens is 416 g/mol. The Kier molecular flexibility index (Phi) is 7.23. The fraction of sp³-hybridized carbons (Fsp3) is 0.520. The third kappa shape index (κ3) is 5.00. The molecule has 0 radical (unpaired) electrons. The molecule has 4 heterocycles. The number of rotatable bonds is 6. The second kappa shape index (κ2) is 10.3. The Morgan fingerprint density at radius 1 is 1.21 bits per heavy atom. The van der Waals surface area contributed by atoms with Crippen LogP contribution in [0.4, 0.5) is 5.69 Å². The van der Waals surface area contributed by atoms with Crippen molar-refractivity contribution in [3.8, 4) is 0 Å². The second-order valence-corrected chi connectivity index (χ2v) is 8.89. The summed E-state index contributed by atoms with van der Waals surface area (Å²) in [4.78, 5) is 40.9. The van der Waals surface area contributed by atoms with Gasteiger partial charge >= 0.3 is 0 Å². The lowest BCUT2D eigenvalue weighted by atomic mass is 10.0. The zero-order chi connectivity index (χ0) is 23.4. The van der Waals surface area contributed by atoms with Crippen LogP contribution in [0.5, 0.6) is 0 Å². The molecule has 2 saturated heterocycles. The first-order chi connectivity index (χ1) is 16.0. The molecule has 1 atom stereocenters. The molecule has 0 aliphatic carbocycles. The van der Waals surface area contributed by atoms with Crippen molar-refractivity contribution >= 4 is 17.8 Å². The molecule has 2 N–H and O–H groups in total. The fourth-order valence-electron chi connectivity index (χ4n) is 5.09. The lowest BCUT2D eigenvalue weighted by molar-refractivity contribution is 0.0958. The summed E-state index contributed by atoms with van der Waals surface area (Å²) in [5.74, 6) is 0.204. The lowest BCUT2D eigenvalue weighted by Crippen LogP contribution is -2.44. The van der Waals surface area contributed by atoms with Gasteiger partial charge in [0.2, 0.25) is 0 Å². The quantitative estimate of drug-likeness (QED) is 0.658. The minimum Gasteiger partial charge on any atom is -0.370 e. The third-order valence-electron chi connectivity index (χ3n) is 6.99. The normalized spacial score (nSPS) is 20.0. The number of nitrogens with one attached hydrogen (secondary N) is 2. The van der Waals surface area contributed by atoms with Crippen LogP contribution in [0.15, 0.2) is 34.1 Å². The minimum absolute atomic E-state index is 0.0595. The topological polar surface area (TPSA) is 93.7 Å². The highest BCUT2D eigenvalue weighted by atomic mass is 16.1. The summed E-state index contributed by atoms with van der Waals surface area (Å²) in [6, 6.07) is 8.40. The maximum absolute atomic E-state index is 12.2. The summed E-state index contributed by atoms with van der Waals surface area (Å²) in [6.07, 6.45) is 5.74. The van der Waals surface area contributed by atoms with E-state index in [0.717, 1.165) is 74.5 Å². The molecule has 2 fully saturated rings. The van der Waals surface area contributed by atoms with E-state index in [1.807, 2.05) is 19.1 Å². The maximum Gasteiger partial charge on any atom is 0.269 e. The number of H-pyrrole nitrogens is 1. The van der Waals surface area contributed by atoms with Crippen molar-refractivity contribution in [2.24, 2.45) is 4.99 Å². The van der Waals surface area contributed by atoms with Gasteiger partial charge in [-0.15, -0.1) is 0 Å². The number of aromatic amines is 1. The first-order valence-corrected chi connectivity index (χ1v) is 11.9. The summed E-state index contributed by atoms with van der Waals surface area (Å²) < 4.78 is 0. The average molecular weight is 451 g/mol. The predicted octanol–water partition coefficient (Wildman–Crippen LogP) is 2.20. The van der Waals surface area contributed by atoms with Crippen LogP contribution < -0.4 is 15.8 Å². The molecule has 33 heavy (non-hydrogen) atoms. The molecule has 176 valence electrons. The molecule has 8 heteroatoms. The number of aryl methyl sites for hydroxylation is 1. The molecule has 4 rings (SSSR count). The van der Waals surface area contributed by atoms with Crippen molar-refractivity contribution in [3.05, 3.63) is 57.3 Å². The molecule has 2 aliphatic rings. The number of piperidine rings is 1. The van der Waals surface area contributed by atoms with E-state index in [0.29, 0.717) is 17.7 Å². The average Bonchev–Trinajstić information content (AvgIpc) is 3.34. The van der Waals surface area contributed by atoms with Gasteiger partial charge in [0.1, 0.15) is 11.4 Å². The van der Waals surface area contributed by atoms with Crippen LogP contribution in [0, 0.1) is 0 Å². The Bertz CT molecular complexity index is 1070. The Balaban J connectivity index is 1.39. The maximum atomic E-state index is 12.2. The summed E-state index contributed by atoms with van der Waals surface area (Å²) in [5, 5.41) is 2.63. The molecule has 2 aliphatic heterocycles. The van der Waals surface area contributed by atoms with Gasteiger partial charge in [-0.05, 0) is 50.4 Å². The minimum atomic E-state index is -0.194. The van der Waals surface area contributed by atoms with Crippen molar-refractivity contribution < 1.29 is 4.79 Å². The van der Waals surface area contributed by atoms with Crippen molar-refractivity contribution in [2.45, 2.75) is 44.6 Å². The fourth-order valence-corrected chi connectivity index (χ4v) is 5.09. The Morgan fingerprint density at radius 2 is 2.00 bits per heavy atom. The highest BCUT2D eigenvalue weighted by Crippen LogP contribution is 2.31. The highest BCUT2D eigenvalue weighted by Gasteiger charge is 2.32. The number of hydrogen-bond donors (Lipinski definition) is 2. The summed E-state index contributed by atoms with van der Waals surface area (Å²) in [6.45, 7) is 5.97. The summed E-state index contributed by atoms with van der Waals surface area (Å²) in [5.41, 5.74) is 4.15. The number of hydrogen-bond acceptors (Lipinski definition) is 6. The molecule has 1 unspecified atom stereocenters. The number of pyridine rings is 2. The molecule has 8 nitrogen and oxygen atoms in total. The van der Waals surface area contributed by atoms with E-state index < -0.39 is 0 Å². The van der Waals surface area contributed by atoms with E-state index in [4.69, 9.17) is 0 Å². The lowest BCUT2D eigenvalue weighted by Gasteiger charge is -2.38. The van der Waals surface area contributed by atoms with Crippen LogP contribution in [-0.2, 0) is 6.42 Å². The van der Waals surface area contributed by atoms with E-state index in [1.165, 1.54) is 0 Å². The zero-order valence-electron chi connectivity index (χ0n) is 19.8. The number of carbonyl (C=O) groups excluding carboxylic acids is 1. The van der Waals surface area contributed by atoms with Gasteiger partial charge in [0, 0.05) is 63.2 Å². The second-order valence-electron chi connectivity index (χ2n) is 8.89. The Hall–Kier alpha value is -3.00. The molecule has 0 spiro atoms. The van der Waals surface area contributed by atoms with E-state index in [1.54, 1.807) is 26.4 Å². The molecular formula is C25H34N6O2. The molecule has 0 aromatic carbocycles. The number of aromatic nitrogens is 2. The van der Waals surface area contributed by atoms with Crippen LogP contribution in [0.2, 0.25) is 0 Å². The number of anilines is 1. The smallest absolute Gasteiger partial charge is 0.269 e. The predicted molar refractivity (Wildman–Crippen MR) is 132 cm³/mol. The number of nitrogens with zero attached hydrogens (tertiary/aromatic N) is 4. The van der Waals surface area contributed by atoms with Crippen LogP contribution in [0.25, 0.3) is 0 Å². The van der Waals surface area contributed by atoms with Gasteiger partial charge in [0.15, 0.2) is 0 Å². The third-order valence-corrected chi connectivity index (χ3v) is 6.99. The molecule has 2 aromatic rings. The first-order valence-electron chi connectivity index (χ1n) is 11.9. The molecule has 0 saturated carbocycles. The van der Waals surface area contributed by atoms with Crippen LogP contribution in [-0.4, -0.2) is 73.3 Å². The van der Waals surface area contributed by atoms with E-state index in [-0.39, 0.29) is 11.5 Å². The van der Waals surface area contributed by atoms with Crippen molar-refractivity contribution in [1.82, 2.24) is 20.2 Å². The largest absolute Gasteiger partial charge is 0.370 e. The summed E-state index contributed by atoms with van der Waals surface area (Å²) in [7, 11) is 3.33. The van der Waals surface area contributed by atoms with Gasteiger partial charge < -0.3 is 15.2 Å². The SMILES string of the molecule is CCc1ccc(C2CCN(C3CCN(c4ccc(C(=O)NC)nc4C=NC)CC3)C2)[nH]c1=O. The van der Waals surface area contributed by atoms with Crippen molar-refractivity contribution in [2.75, 3.05) is 45.2 Å². The van der Waals surface area contributed by atoms with Crippen molar-refractivity contribution in [3.63, 3.8) is 0 Å². The van der Waals surface area contributed by atoms with Gasteiger partial charge in [-0.2, -0.15) is 0 Å². The van der Waals surface area contributed by atoms with E-state index >= 15 is 0 Å². The number of aliphatic imine (C=N–C) groups is 1.